The largest absolute Gasteiger partial charge is 0.507 e. The Labute approximate surface area is 241 Å². The van der Waals surface area contributed by atoms with Crippen molar-refractivity contribution < 1.29 is 28.9 Å². The molecule has 0 aliphatic carbocycles. The van der Waals surface area contributed by atoms with E-state index in [1.165, 1.54) is 16.2 Å². The van der Waals surface area contributed by atoms with E-state index in [0.29, 0.717) is 47.4 Å². The molecule has 2 aliphatic heterocycles. The van der Waals surface area contributed by atoms with Crippen LogP contribution in [0.25, 0.3) is 5.76 Å². The van der Waals surface area contributed by atoms with Gasteiger partial charge in [0.1, 0.15) is 24.2 Å². The van der Waals surface area contributed by atoms with Crippen LogP contribution in [-0.2, 0) is 22.6 Å². The molecular weight excluding hydrogens is 540 g/mol. The molecule has 1 amide bonds. The molecule has 2 unspecified atom stereocenters. The van der Waals surface area contributed by atoms with Crippen molar-refractivity contribution in [2.75, 3.05) is 11.5 Å². The number of ketones is 1. The fourth-order valence-electron chi connectivity index (χ4n) is 5.22. The molecule has 1 N–H and O–H groups in total. The highest BCUT2D eigenvalue weighted by Crippen LogP contribution is 2.45. The quantitative estimate of drug-likeness (QED) is 0.157. The second-order valence-electron chi connectivity index (χ2n) is 9.85. The summed E-state index contributed by atoms with van der Waals surface area (Å²) in [6.45, 7) is 4.57. The summed E-state index contributed by atoms with van der Waals surface area (Å²) in [5, 5.41) is 13.6. The van der Waals surface area contributed by atoms with Crippen LogP contribution in [0, 0.1) is 0 Å². The molecule has 0 bridgehead atoms. The third-order valence-electron chi connectivity index (χ3n) is 7.06. The molecule has 0 spiro atoms. The summed E-state index contributed by atoms with van der Waals surface area (Å²) in [6.07, 6.45) is 2.29. The molecule has 208 valence electrons. The van der Waals surface area contributed by atoms with Crippen LogP contribution >= 0.6 is 11.3 Å². The molecule has 2 atom stereocenters. The maximum absolute atomic E-state index is 13.5. The summed E-state index contributed by atoms with van der Waals surface area (Å²) >= 11 is 1.24. The minimum Gasteiger partial charge on any atom is -0.507 e. The van der Waals surface area contributed by atoms with Crippen LogP contribution in [0.4, 0.5) is 5.13 Å². The first kappa shape index (κ1) is 26.6. The monoisotopic (exact) mass is 568 g/mol. The van der Waals surface area contributed by atoms with Gasteiger partial charge in [-0.25, -0.2) is 4.98 Å². The molecule has 1 aromatic heterocycles. The SMILES string of the molecule is CCOc1cc(C2/C(=C(/O)c3ccc4c(c3)CC(C)O4)C(=O)C(=O)N2c2nccs2)ccc1OCc1ccccc1. The molecule has 1 fully saturated rings. The summed E-state index contributed by atoms with van der Waals surface area (Å²) < 4.78 is 17.8. The van der Waals surface area contributed by atoms with Crippen molar-refractivity contribution in [1.29, 1.82) is 0 Å². The number of anilines is 1. The number of aromatic nitrogens is 1. The third kappa shape index (κ3) is 5.04. The van der Waals surface area contributed by atoms with E-state index in [1.54, 1.807) is 41.9 Å². The van der Waals surface area contributed by atoms with E-state index in [2.05, 4.69) is 4.98 Å². The third-order valence-corrected chi connectivity index (χ3v) is 7.83. The molecule has 0 radical (unpaired) electrons. The van der Waals surface area contributed by atoms with E-state index >= 15 is 0 Å². The van der Waals surface area contributed by atoms with Gasteiger partial charge in [-0.3, -0.25) is 14.5 Å². The second-order valence-corrected chi connectivity index (χ2v) is 10.7. The van der Waals surface area contributed by atoms with Gasteiger partial charge in [0.05, 0.1) is 18.2 Å². The number of nitrogens with zero attached hydrogens (tertiary/aromatic N) is 2. The number of benzene rings is 3. The van der Waals surface area contributed by atoms with Gasteiger partial charge in [-0.05, 0) is 60.9 Å². The van der Waals surface area contributed by atoms with Crippen molar-refractivity contribution in [1.82, 2.24) is 4.98 Å². The summed E-state index contributed by atoms with van der Waals surface area (Å²) in [4.78, 5) is 32.6. The van der Waals surface area contributed by atoms with Gasteiger partial charge in [0.2, 0.25) is 0 Å². The van der Waals surface area contributed by atoms with Gasteiger partial charge in [-0.1, -0.05) is 36.4 Å². The van der Waals surface area contributed by atoms with Crippen molar-refractivity contribution in [3.63, 3.8) is 0 Å². The van der Waals surface area contributed by atoms with Gasteiger partial charge >= 0.3 is 5.91 Å². The standard InChI is InChI=1S/C32H28N2O6S/c1-3-38-26-17-21(9-12-25(26)39-18-20-7-5-4-6-8-20)28-27(30(36)31(37)34(28)32-33-13-14-41-32)29(35)22-10-11-24-23(16-22)15-19(2)40-24/h4-14,16-17,19,28,35H,3,15,18H2,1-2H3/b29-27-. The molecule has 3 heterocycles. The van der Waals surface area contributed by atoms with Crippen LogP contribution in [0.1, 0.15) is 42.1 Å². The smallest absolute Gasteiger partial charge is 0.301 e. The summed E-state index contributed by atoms with van der Waals surface area (Å²) in [5.41, 5.74) is 2.94. The molecule has 6 rings (SSSR count). The number of aliphatic hydroxyl groups excluding tert-OH is 1. The zero-order valence-corrected chi connectivity index (χ0v) is 23.4. The Morgan fingerprint density at radius 1 is 1.07 bits per heavy atom. The molecule has 41 heavy (non-hydrogen) atoms. The lowest BCUT2D eigenvalue weighted by Gasteiger charge is -2.24. The zero-order chi connectivity index (χ0) is 28.5. The lowest BCUT2D eigenvalue weighted by Crippen LogP contribution is -2.29. The highest BCUT2D eigenvalue weighted by atomic mass is 32.1. The normalized spacial score (nSPS) is 19.2. The Kier molecular flexibility index (Phi) is 7.19. The molecule has 3 aromatic carbocycles. The average Bonchev–Trinajstić information content (AvgIpc) is 3.70. The molecule has 9 heteroatoms. The minimum atomic E-state index is -0.924. The van der Waals surface area contributed by atoms with Crippen molar-refractivity contribution in [3.05, 3.63) is 106 Å². The highest BCUT2D eigenvalue weighted by molar-refractivity contribution is 7.14. The van der Waals surface area contributed by atoms with Crippen LogP contribution in [0.15, 0.2) is 83.9 Å². The predicted octanol–water partition coefficient (Wildman–Crippen LogP) is 6.07. The number of carbonyl (C=O) groups excluding carboxylic acids is 2. The Balaban J connectivity index is 1.44. The summed E-state index contributed by atoms with van der Waals surface area (Å²) in [7, 11) is 0. The van der Waals surface area contributed by atoms with Gasteiger partial charge in [0.15, 0.2) is 16.6 Å². The molecule has 0 saturated carbocycles. The van der Waals surface area contributed by atoms with E-state index in [-0.39, 0.29) is 17.4 Å². The topological polar surface area (TPSA) is 98.2 Å². The van der Waals surface area contributed by atoms with Crippen molar-refractivity contribution in [2.24, 2.45) is 0 Å². The van der Waals surface area contributed by atoms with Gasteiger partial charge < -0.3 is 19.3 Å². The number of hydrogen-bond donors (Lipinski definition) is 1. The molecular formula is C32H28N2O6S. The van der Waals surface area contributed by atoms with E-state index in [1.807, 2.05) is 50.2 Å². The number of fused-ring (bicyclic) bond motifs is 1. The van der Waals surface area contributed by atoms with Gasteiger partial charge in [0, 0.05) is 23.6 Å². The number of ether oxygens (including phenoxy) is 3. The molecule has 4 aromatic rings. The lowest BCUT2D eigenvalue weighted by atomic mass is 9.94. The predicted molar refractivity (Wildman–Crippen MR) is 156 cm³/mol. The van der Waals surface area contributed by atoms with Crippen LogP contribution in [0.5, 0.6) is 17.2 Å². The van der Waals surface area contributed by atoms with E-state index in [4.69, 9.17) is 14.2 Å². The van der Waals surface area contributed by atoms with Crippen molar-refractivity contribution in [2.45, 2.75) is 39.0 Å². The van der Waals surface area contributed by atoms with E-state index in [9.17, 15) is 14.7 Å². The van der Waals surface area contributed by atoms with Crippen LogP contribution in [-0.4, -0.2) is 34.5 Å². The highest BCUT2D eigenvalue weighted by Gasteiger charge is 2.48. The first-order chi connectivity index (χ1) is 19.9. The fourth-order valence-corrected chi connectivity index (χ4v) is 5.89. The minimum absolute atomic E-state index is 0.0162. The van der Waals surface area contributed by atoms with Crippen molar-refractivity contribution in [3.8, 4) is 17.2 Å². The zero-order valence-electron chi connectivity index (χ0n) is 22.6. The molecule has 2 aliphatic rings. The Morgan fingerprint density at radius 3 is 2.66 bits per heavy atom. The number of Topliss-reactive ketones (excluding diaryl/α,β-unsaturated/α-hetero) is 1. The summed E-state index contributed by atoms with van der Waals surface area (Å²) in [6, 6.07) is 19.5. The first-order valence-electron chi connectivity index (χ1n) is 13.4. The van der Waals surface area contributed by atoms with Crippen LogP contribution in [0.2, 0.25) is 0 Å². The maximum atomic E-state index is 13.5. The Bertz CT molecular complexity index is 1630. The van der Waals surface area contributed by atoms with E-state index in [0.717, 1.165) is 16.9 Å². The molecule has 8 nitrogen and oxygen atoms in total. The number of aliphatic hydroxyl groups is 1. The van der Waals surface area contributed by atoms with E-state index < -0.39 is 17.7 Å². The first-order valence-corrected chi connectivity index (χ1v) is 14.3. The summed E-state index contributed by atoms with van der Waals surface area (Å²) in [5.74, 6) is -0.0479. The van der Waals surface area contributed by atoms with Gasteiger partial charge in [0.25, 0.3) is 5.78 Å². The Hall–Kier alpha value is -4.63. The maximum Gasteiger partial charge on any atom is 0.301 e. The fraction of sp³-hybridized carbons (Fsp3) is 0.219. The van der Waals surface area contributed by atoms with Gasteiger partial charge in [-0.2, -0.15) is 0 Å². The average molecular weight is 569 g/mol. The lowest BCUT2D eigenvalue weighted by molar-refractivity contribution is -0.132. The number of hydrogen-bond acceptors (Lipinski definition) is 8. The Morgan fingerprint density at radius 2 is 1.90 bits per heavy atom. The number of carbonyl (C=O) groups is 2. The van der Waals surface area contributed by atoms with Crippen LogP contribution in [0.3, 0.4) is 0 Å². The van der Waals surface area contributed by atoms with Crippen LogP contribution < -0.4 is 19.1 Å². The van der Waals surface area contributed by atoms with Gasteiger partial charge in [-0.15, -0.1) is 11.3 Å². The second kappa shape index (κ2) is 11.1. The molecule has 1 saturated heterocycles. The number of thiazole rings is 1. The van der Waals surface area contributed by atoms with Crippen molar-refractivity contribution >= 4 is 33.9 Å². The number of rotatable bonds is 8. The number of amides is 1.